The van der Waals surface area contributed by atoms with Crippen molar-refractivity contribution < 1.29 is 19.0 Å². The van der Waals surface area contributed by atoms with Crippen LogP contribution in [-0.4, -0.2) is 34.7 Å². The summed E-state index contributed by atoms with van der Waals surface area (Å²) in [6.45, 7) is 3.68. The van der Waals surface area contributed by atoms with Gasteiger partial charge in [-0.2, -0.15) is 0 Å². The Balaban J connectivity index is 1.83. The fraction of sp³-hybridized carbons (Fsp3) is 0.208. The molecular weight excluding hydrogens is 474 g/mol. The first-order valence-corrected chi connectivity index (χ1v) is 10.9. The van der Waals surface area contributed by atoms with Crippen LogP contribution in [0.2, 0.25) is 0 Å². The van der Waals surface area contributed by atoms with Crippen LogP contribution in [0.4, 0.5) is 0 Å². The summed E-state index contributed by atoms with van der Waals surface area (Å²) >= 11 is 3.43. The van der Waals surface area contributed by atoms with Gasteiger partial charge in [-0.25, -0.2) is 4.79 Å². The third-order valence-corrected chi connectivity index (χ3v) is 5.57. The van der Waals surface area contributed by atoms with Gasteiger partial charge in [-0.15, -0.1) is 15.0 Å². The molecule has 0 bridgehead atoms. The van der Waals surface area contributed by atoms with Crippen molar-refractivity contribution in [2.75, 3.05) is 13.7 Å². The summed E-state index contributed by atoms with van der Waals surface area (Å²) in [4.78, 5) is 14.5. The molecule has 0 saturated carbocycles. The van der Waals surface area contributed by atoms with Crippen LogP contribution >= 0.6 is 15.9 Å². The lowest BCUT2D eigenvalue weighted by Gasteiger charge is -2.29. The normalized spacial score (nSPS) is 12.9. The Hall–Kier alpha value is -3.39. The van der Waals surface area contributed by atoms with E-state index >= 15 is 0 Å². The standard InChI is InChI=1S/C24H22BrN3O4/c1-4-31-23(29)24(2,16-9-11-17(25)12-10-16)32-22-14-13-18(30-3)15-21(22)28-26-19-7-5-6-8-20(19)27-28/h5-15H,4H2,1-3H3. The molecular formula is C24H22BrN3O4. The van der Waals surface area contributed by atoms with Gasteiger partial charge < -0.3 is 14.2 Å². The molecule has 1 atom stereocenters. The van der Waals surface area contributed by atoms with Crippen LogP contribution in [0.5, 0.6) is 11.5 Å². The number of aromatic nitrogens is 3. The number of benzene rings is 3. The minimum Gasteiger partial charge on any atom is -0.497 e. The van der Waals surface area contributed by atoms with Gasteiger partial charge in [0.15, 0.2) is 0 Å². The maximum Gasteiger partial charge on any atom is 0.354 e. The fourth-order valence-electron chi connectivity index (χ4n) is 3.31. The van der Waals surface area contributed by atoms with E-state index in [9.17, 15) is 4.79 Å². The molecule has 7 nitrogen and oxygen atoms in total. The number of rotatable bonds is 7. The molecule has 32 heavy (non-hydrogen) atoms. The van der Waals surface area contributed by atoms with Gasteiger partial charge in [-0.05, 0) is 50.2 Å². The Morgan fingerprint density at radius 1 is 1.03 bits per heavy atom. The predicted octanol–water partition coefficient (Wildman–Crippen LogP) is 5.05. The smallest absolute Gasteiger partial charge is 0.354 e. The van der Waals surface area contributed by atoms with Crippen LogP contribution in [0.3, 0.4) is 0 Å². The number of ether oxygens (including phenoxy) is 3. The van der Waals surface area contributed by atoms with Crippen LogP contribution in [0.15, 0.2) is 71.2 Å². The third-order valence-electron chi connectivity index (χ3n) is 5.04. The third kappa shape index (κ3) is 4.18. The summed E-state index contributed by atoms with van der Waals surface area (Å²) in [5.74, 6) is 0.516. The molecule has 0 spiro atoms. The molecule has 3 aromatic carbocycles. The molecule has 0 radical (unpaired) electrons. The largest absolute Gasteiger partial charge is 0.497 e. The number of hydrogen-bond donors (Lipinski definition) is 0. The Labute approximate surface area is 194 Å². The second-order valence-corrected chi connectivity index (χ2v) is 8.09. The Morgan fingerprint density at radius 2 is 1.69 bits per heavy atom. The molecule has 1 unspecified atom stereocenters. The molecule has 0 N–H and O–H groups in total. The van der Waals surface area contributed by atoms with Crippen molar-refractivity contribution in [3.8, 4) is 17.2 Å². The van der Waals surface area contributed by atoms with Crippen molar-refractivity contribution >= 4 is 32.9 Å². The Morgan fingerprint density at radius 3 is 2.28 bits per heavy atom. The molecule has 0 aliphatic carbocycles. The van der Waals surface area contributed by atoms with Crippen LogP contribution in [0.1, 0.15) is 19.4 Å². The van der Waals surface area contributed by atoms with E-state index in [2.05, 4.69) is 26.1 Å². The first-order valence-electron chi connectivity index (χ1n) is 10.1. The molecule has 0 aliphatic rings. The lowest BCUT2D eigenvalue weighted by Crippen LogP contribution is -2.40. The number of hydrogen-bond acceptors (Lipinski definition) is 6. The highest BCUT2D eigenvalue weighted by molar-refractivity contribution is 9.10. The fourth-order valence-corrected chi connectivity index (χ4v) is 3.57. The van der Waals surface area contributed by atoms with Crippen LogP contribution in [-0.2, 0) is 15.1 Å². The van der Waals surface area contributed by atoms with Gasteiger partial charge in [-0.3, -0.25) is 0 Å². The van der Waals surface area contributed by atoms with Gasteiger partial charge in [0, 0.05) is 16.1 Å². The van der Waals surface area contributed by atoms with E-state index in [0.29, 0.717) is 22.7 Å². The number of halogens is 1. The first kappa shape index (κ1) is 21.8. The second-order valence-electron chi connectivity index (χ2n) is 7.17. The minimum atomic E-state index is -1.40. The van der Waals surface area contributed by atoms with Gasteiger partial charge in [0.05, 0.1) is 13.7 Å². The molecule has 0 amide bonds. The van der Waals surface area contributed by atoms with E-state index in [4.69, 9.17) is 14.2 Å². The highest BCUT2D eigenvalue weighted by Crippen LogP contribution is 2.35. The molecule has 164 valence electrons. The number of fused-ring (bicyclic) bond motifs is 1. The van der Waals surface area contributed by atoms with E-state index < -0.39 is 11.6 Å². The Bertz CT molecular complexity index is 1220. The van der Waals surface area contributed by atoms with E-state index in [-0.39, 0.29) is 6.61 Å². The average Bonchev–Trinajstić information content (AvgIpc) is 3.24. The van der Waals surface area contributed by atoms with Gasteiger partial charge in [0.1, 0.15) is 28.2 Å². The quantitative estimate of drug-likeness (QED) is 0.334. The van der Waals surface area contributed by atoms with Crippen molar-refractivity contribution in [1.29, 1.82) is 0 Å². The molecule has 1 heterocycles. The summed E-state index contributed by atoms with van der Waals surface area (Å²) in [5, 5.41) is 9.12. The lowest BCUT2D eigenvalue weighted by atomic mass is 9.95. The molecule has 0 saturated heterocycles. The zero-order valence-electron chi connectivity index (χ0n) is 17.9. The topological polar surface area (TPSA) is 75.5 Å². The summed E-state index contributed by atoms with van der Waals surface area (Å²) in [5.41, 5.74) is 1.27. The van der Waals surface area contributed by atoms with E-state index in [0.717, 1.165) is 15.5 Å². The number of nitrogens with zero attached hydrogens (tertiary/aromatic N) is 3. The number of methoxy groups -OCH3 is 1. The average molecular weight is 496 g/mol. The molecule has 4 rings (SSSR count). The van der Waals surface area contributed by atoms with Crippen molar-refractivity contribution in [2.24, 2.45) is 0 Å². The van der Waals surface area contributed by atoms with E-state index in [1.165, 1.54) is 4.80 Å². The maximum atomic E-state index is 13.0. The molecule has 4 aromatic rings. The summed E-state index contributed by atoms with van der Waals surface area (Å²) in [6.07, 6.45) is 0. The lowest BCUT2D eigenvalue weighted by molar-refractivity contribution is -0.161. The van der Waals surface area contributed by atoms with Crippen molar-refractivity contribution in [3.05, 3.63) is 76.8 Å². The van der Waals surface area contributed by atoms with Crippen molar-refractivity contribution in [1.82, 2.24) is 15.0 Å². The molecule has 1 aromatic heterocycles. The monoisotopic (exact) mass is 495 g/mol. The van der Waals surface area contributed by atoms with Gasteiger partial charge in [-0.1, -0.05) is 40.2 Å². The van der Waals surface area contributed by atoms with Crippen molar-refractivity contribution in [2.45, 2.75) is 19.4 Å². The summed E-state index contributed by atoms with van der Waals surface area (Å²) in [6, 6.07) is 20.2. The second kappa shape index (κ2) is 9.00. The highest BCUT2D eigenvalue weighted by atomic mass is 79.9. The molecule has 0 fully saturated rings. The number of carbonyl (C=O) groups excluding carboxylic acids is 1. The highest BCUT2D eigenvalue weighted by Gasteiger charge is 2.40. The predicted molar refractivity (Wildman–Crippen MR) is 124 cm³/mol. The van der Waals surface area contributed by atoms with Crippen molar-refractivity contribution in [3.63, 3.8) is 0 Å². The van der Waals surface area contributed by atoms with Crippen LogP contribution < -0.4 is 9.47 Å². The summed E-state index contributed by atoms with van der Waals surface area (Å²) in [7, 11) is 1.58. The maximum absolute atomic E-state index is 13.0. The Kier molecular flexibility index (Phi) is 6.14. The molecule has 8 heteroatoms. The van der Waals surface area contributed by atoms with Gasteiger partial charge in [0.25, 0.3) is 0 Å². The number of esters is 1. The van der Waals surface area contributed by atoms with Gasteiger partial charge >= 0.3 is 5.97 Å². The molecule has 0 aliphatic heterocycles. The zero-order valence-corrected chi connectivity index (χ0v) is 19.5. The zero-order chi connectivity index (χ0) is 22.7. The minimum absolute atomic E-state index is 0.232. The first-order chi connectivity index (χ1) is 15.4. The number of carbonyl (C=O) groups is 1. The van der Waals surface area contributed by atoms with Crippen LogP contribution in [0, 0.1) is 0 Å². The van der Waals surface area contributed by atoms with Gasteiger partial charge in [0.2, 0.25) is 5.60 Å². The summed E-state index contributed by atoms with van der Waals surface area (Å²) < 4.78 is 18.0. The van der Waals surface area contributed by atoms with E-state index in [1.807, 2.05) is 48.5 Å². The van der Waals surface area contributed by atoms with E-state index in [1.54, 1.807) is 39.2 Å². The van der Waals surface area contributed by atoms with Crippen LogP contribution in [0.25, 0.3) is 16.7 Å². The SMILES string of the molecule is CCOC(=O)C(C)(Oc1ccc(OC)cc1-n1nc2ccccc2n1)c1ccc(Br)cc1.